The zero-order valence-electron chi connectivity index (χ0n) is 19.2. The highest BCUT2D eigenvalue weighted by molar-refractivity contribution is 6.06. The number of rotatable bonds is 7. The molecule has 0 unspecified atom stereocenters. The van der Waals surface area contributed by atoms with Gasteiger partial charge in [-0.25, -0.2) is 0 Å². The second-order valence-corrected chi connectivity index (χ2v) is 9.28. The molecule has 0 radical (unpaired) electrons. The third-order valence-corrected chi connectivity index (χ3v) is 7.12. The van der Waals surface area contributed by atoms with Crippen LogP contribution in [-0.4, -0.2) is 40.6 Å². The molecule has 1 saturated carbocycles. The first-order valence-corrected chi connectivity index (χ1v) is 11.6. The van der Waals surface area contributed by atoms with E-state index in [0.29, 0.717) is 0 Å². The van der Waals surface area contributed by atoms with E-state index >= 15 is 0 Å². The number of halogens is 3. The largest absolute Gasteiger partial charge is 0.416 e. The normalized spacial score (nSPS) is 23.9. The average Bonchev–Trinajstić information content (AvgIpc) is 3.53. The van der Waals surface area contributed by atoms with Crippen LogP contribution in [0.3, 0.4) is 0 Å². The van der Waals surface area contributed by atoms with Crippen molar-refractivity contribution in [3.8, 4) is 0 Å². The molecule has 2 N–H and O–H groups in total. The van der Waals surface area contributed by atoms with Crippen LogP contribution in [0.15, 0.2) is 54.6 Å². The molecule has 1 heterocycles. The van der Waals surface area contributed by atoms with Crippen molar-refractivity contribution in [1.82, 2.24) is 4.90 Å². The van der Waals surface area contributed by atoms with Gasteiger partial charge in [0.15, 0.2) is 0 Å². The first-order chi connectivity index (χ1) is 17.5. The smallest absolute Gasteiger partial charge is 0.378 e. The number of carbonyl (C=O) groups excluding carboxylic acids is 3. The SMILES string of the molecule is O=C(Nc1cccc(C(F)(F)F)c1)c1ccc(NCCN2C(=O)[C@@H]3[C@H](C2=O)[C@@H]2C=C[C@H]3C2)c([N+](=O)[O-])c1. The monoisotopic (exact) mass is 514 g/mol. The molecule has 1 saturated heterocycles. The highest BCUT2D eigenvalue weighted by atomic mass is 19.4. The molecule has 3 aliphatic rings. The number of alkyl halides is 3. The van der Waals surface area contributed by atoms with E-state index in [2.05, 4.69) is 10.6 Å². The summed E-state index contributed by atoms with van der Waals surface area (Å²) in [4.78, 5) is 50.2. The maximum atomic E-state index is 12.9. The van der Waals surface area contributed by atoms with E-state index in [1.165, 1.54) is 23.1 Å². The zero-order chi connectivity index (χ0) is 26.5. The minimum atomic E-state index is -4.59. The van der Waals surface area contributed by atoms with Gasteiger partial charge in [-0.2, -0.15) is 13.2 Å². The van der Waals surface area contributed by atoms with Crippen molar-refractivity contribution < 1.29 is 32.5 Å². The predicted molar refractivity (Wildman–Crippen MR) is 125 cm³/mol. The van der Waals surface area contributed by atoms with Crippen molar-refractivity contribution in [2.75, 3.05) is 23.7 Å². The minimum Gasteiger partial charge on any atom is -0.378 e. The fourth-order valence-electron chi connectivity index (χ4n) is 5.44. The first-order valence-electron chi connectivity index (χ1n) is 11.6. The summed E-state index contributed by atoms with van der Waals surface area (Å²) in [5, 5.41) is 16.8. The number of benzene rings is 2. The summed E-state index contributed by atoms with van der Waals surface area (Å²) in [6, 6.07) is 7.62. The second kappa shape index (κ2) is 9.02. The summed E-state index contributed by atoms with van der Waals surface area (Å²) < 4.78 is 38.7. The van der Waals surface area contributed by atoms with E-state index in [9.17, 15) is 37.7 Å². The van der Waals surface area contributed by atoms with Crippen molar-refractivity contribution in [1.29, 1.82) is 0 Å². The molecule has 2 bridgehead atoms. The number of hydrogen-bond donors (Lipinski definition) is 2. The molecule has 0 aromatic heterocycles. The van der Waals surface area contributed by atoms with Gasteiger partial charge in [-0.1, -0.05) is 18.2 Å². The Balaban J connectivity index is 1.24. The lowest BCUT2D eigenvalue weighted by Crippen LogP contribution is -2.36. The Kier molecular flexibility index (Phi) is 5.97. The van der Waals surface area contributed by atoms with Gasteiger partial charge in [-0.15, -0.1) is 0 Å². The van der Waals surface area contributed by atoms with Crippen LogP contribution in [-0.2, 0) is 15.8 Å². The number of likely N-dealkylation sites (tertiary alicyclic amines) is 1. The lowest BCUT2D eigenvalue weighted by atomic mass is 9.85. The van der Waals surface area contributed by atoms with Gasteiger partial charge in [0, 0.05) is 30.4 Å². The number of nitro benzene ring substituents is 1. The maximum Gasteiger partial charge on any atom is 0.416 e. The number of hydrogen-bond acceptors (Lipinski definition) is 6. The number of anilines is 2. The van der Waals surface area contributed by atoms with Crippen molar-refractivity contribution in [2.24, 2.45) is 23.7 Å². The molecule has 9 nitrogen and oxygen atoms in total. The number of amides is 3. The van der Waals surface area contributed by atoms with Gasteiger partial charge in [0.25, 0.3) is 11.6 Å². The first kappa shape index (κ1) is 24.5. The van der Waals surface area contributed by atoms with Gasteiger partial charge in [0.05, 0.1) is 22.3 Å². The van der Waals surface area contributed by atoms with E-state index in [1.807, 2.05) is 12.2 Å². The number of carbonyl (C=O) groups is 3. The van der Waals surface area contributed by atoms with Crippen molar-refractivity contribution in [3.05, 3.63) is 75.9 Å². The molecule has 192 valence electrons. The van der Waals surface area contributed by atoms with Crippen LogP contribution in [0, 0.1) is 33.8 Å². The predicted octanol–water partition coefficient (Wildman–Crippen LogP) is 4.08. The molecule has 2 fully saturated rings. The summed E-state index contributed by atoms with van der Waals surface area (Å²) >= 11 is 0. The quantitative estimate of drug-likeness (QED) is 0.249. The lowest BCUT2D eigenvalue weighted by Gasteiger charge is -2.18. The summed E-state index contributed by atoms with van der Waals surface area (Å²) in [5.74, 6) is -1.75. The van der Waals surface area contributed by atoms with Gasteiger partial charge >= 0.3 is 6.18 Å². The number of allylic oxidation sites excluding steroid dienone is 2. The van der Waals surface area contributed by atoms with Crippen molar-refractivity contribution in [2.45, 2.75) is 12.6 Å². The number of fused-ring (bicyclic) bond motifs is 5. The Morgan fingerprint density at radius 2 is 1.73 bits per heavy atom. The molecule has 12 heteroatoms. The van der Waals surface area contributed by atoms with Crippen molar-refractivity contribution in [3.63, 3.8) is 0 Å². The molecule has 2 aliphatic carbocycles. The molecule has 1 aliphatic heterocycles. The molecular weight excluding hydrogens is 493 g/mol. The summed E-state index contributed by atoms with van der Waals surface area (Å²) in [6.45, 7) is 0.106. The Morgan fingerprint density at radius 1 is 1.05 bits per heavy atom. The standard InChI is InChI=1S/C25H21F3N4O5/c26-25(27,28)16-2-1-3-17(12-16)30-22(33)15-6-7-18(19(11-15)32(36)37)29-8-9-31-23(34)20-13-4-5-14(10-13)21(20)24(31)35/h1-7,11-14,20-21,29H,8-10H2,(H,30,33)/t13-,14+,20-,21+. The van der Waals surface area contributed by atoms with E-state index in [1.54, 1.807) is 0 Å². The zero-order valence-corrected chi connectivity index (χ0v) is 19.2. The molecule has 37 heavy (non-hydrogen) atoms. The number of nitrogens with zero attached hydrogens (tertiary/aromatic N) is 2. The Hall–Kier alpha value is -4.22. The minimum absolute atomic E-state index is 0.0407. The topological polar surface area (TPSA) is 122 Å². The highest BCUT2D eigenvalue weighted by Gasteiger charge is 2.58. The molecule has 0 spiro atoms. The number of nitro groups is 1. The fourth-order valence-corrected chi connectivity index (χ4v) is 5.44. The van der Waals surface area contributed by atoms with Gasteiger partial charge < -0.3 is 10.6 Å². The van der Waals surface area contributed by atoms with Crippen LogP contribution in [0.2, 0.25) is 0 Å². The molecule has 3 amide bonds. The molecule has 5 rings (SSSR count). The average molecular weight is 514 g/mol. The summed E-state index contributed by atoms with van der Waals surface area (Å²) in [5.41, 5.74) is -1.55. The van der Waals surface area contributed by atoms with Crippen LogP contribution >= 0.6 is 0 Å². The van der Waals surface area contributed by atoms with Crippen molar-refractivity contribution >= 4 is 34.8 Å². The third kappa shape index (κ3) is 4.43. The fraction of sp³-hybridized carbons (Fsp3) is 0.320. The van der Waals surface area contributed by atoms with Crippen LogP contribution in [0.25, 0.3) is 0 Å². The highest BCUT2D eigenvalue weighted by Crippen LogP contribution is 2.52. The van der Waals surface area contributed by atoms with Gasteiger partial charge in [-0.3, -0.25) is 29.4 Å². The van der Waals surface area contributed by atoms with Gasteiger partial charge in [0.1, 0.15) is 5.69 Å². The lowest BCUT2D eigenvalue weighted by molar-refractivity contribution is -0.384. The molecule has 2 aromatic rings. The Labute approximate surface area is 208 Å². The Morgan fingerprint density at radius 3 is 2.35 bits per heavy atom. The molecular formula is C25H21F3N4O5. The van der Waals surface area contributed by atoms with Gasteiger partial charge in [-0.05, 0) is 48.6 Å². The van der Waals surface area contributed by atoms with Crippen LogP contribution in [0.1, 0.15) is 22.3 Å². The van der Waals surface area contributed by atoms with Gasteiger partial charge in [0.2, 0.25) is 11.8 Å². The van der Waals surface area contributed by atoms with Crippen LogP contribution in [0.5, 0.6) is 0 Å². The van der Waals surface area contributed by atoms with E-state index < -0.39 is 28.3 Å². The van der Waals surface area contributed by atoms with Crippen LogP contribution in [0.4, 0.5) is 30.2 Å². The summed E-state index contributed by atoms with van der Waals surface area (Å²) in [7, 11) is 0. The molecule has 2 aromatic carbocycles. The maximum absolute atomic E-state index is 12.9. The number of imide groups is 1. The van der Waals surface area contributed by atoms with E-state index in [0.717, 1.165) is 30.7 Å². The summed E-state index contributed by atoms with van der Waals surface area (Å²) in [6.07, 6.45) is 0.213. The van der Waals surface area contributed by atoms with Crippen LogP contribution < -0.4 is 10.6 Å². The second-order valence-electron chi connectivity index (χ2n) is 9.28. The number of nitrogens with one attached hydrogen (secondary N) is 2. The molecule has 4 atom stereocenters. The van der Waals surface area contributed by atoms with E-state index in [4.69, 9.17) is 0 Å². The Bertz CT molecular complexity index is 1310. The third-order valence-electron chi connectivity index (χ3n) is 7.12. The van der Waals surface area contributed by atoms with E-state index in [-0.39, 0.29) is 65.5 Å².